The fourth-order valence-corrected chi connectivity index (χ4v) is 1.36. The summed E-state index contributed by atoms with van der Waals surface area (Å²) in [7, 11) is 0. The monoisotopic (exact) mass is 227 g/mol. The third-order valence-electron chi connectivity index (χ3n) is 2.06. The van der Waals surface area contributed by atoms with E-state index in [1.165, 1.54) is 0 Å². The first kappa shape index (κ1) is 11.1. The predicted molar refractivity (Wildman–Crippen MR) is 68.8 cm³/mol. The number of nitrogens with zero attached hydrogens (tertiary/aromatic N) is 3. The first-order valence-electron chi connectivity index (χ1n) is 5.19. The van der Waals surface area contributed by atoms with Crippen molar-refractivity contribution in [1.82, 2.24) is 9.97 Å². The molecule has 2 aromatic rings. The second kappa shape index (κ2) is 5.07. The molecule has 0 saturated carbocycles. The maximum atomic E-state index is 5.53. The molecular weight excluding hydrogens is 214 g/mol. The van der Waals surface area contributed by atoms with E-state index in [2.05, 4.69) is 20.5 Å². The first-order chi connectivity index (χ1) is 8.24. The average molecular weight is 227 g/mol. The summed E-state index contributed by atoms with van der Waals surface area (Å²) >= 11 is 0. The van der Waals surface area contributed by atoms with Gasteiger partial charge in [-0.3, -0.25) is 5.43 Å². The molecule has 17 heavy (non-hydrogen) atoms. The number of aromatic nitrogens is 2. The number of hydrazone groups is 1. The number of hydrogen-bond donors (Lipinski definition) is 2. The third-order valence-corrected chi connectivity index (χ3v) is 2.06. The zero-order valence-corrected chi connectivity index (χ0v) is 9.46. The first-order valence-corrected chi connectivity index (χ1v) is 5.19. The van der Waals surface area contributed by atoms with Crippen LogP contribution in [0.5, 0.6) is 0 Å². The van der Waals surface area contributed by atoms with E-state index in [1.807, 2.05) is 37.3 Å². The molecule has 5 heteroatoms. The average Bonchev–Trinajstić information content (AvgIpc) is 2.29. The maximum absolute atomic E-state index is 5.53. The van der Waals surface area contributed by atoms with E-state index >= 15 is 0 Å². The summed E-state index contributed by atoms with van der Waals surface area (Å²) in [4.78, 5) is 7.98. The Hall–Kier alpha value is -2.43. The highest BCUT2D eigenvalue weighted by Crippen LogP contribution is 2.06. The van der Waals surface area contributed by atoms with E-state index in [9.17, 15) is 0 Å². The van der Waals surface area contributed by atoms with Gasteiger partial charge in [-0.05, 0) is 12.5 Å². The Bertz CT molecular complexity index is 501. The Morgan fingerprint density at radius 3 is 2.71 bits per heavy atom. The molecule has 1 aromatic carbocycles. The molecule has 0 atom stereocenters. The Labute approximate surface area is 99.4 Å². The van der Waals surface area contributed by atoms with E-state index < -0.39 is 0 Å². The minimum atomic E-state index is 0.238. The Kier molecular flexibility index (Phi) is 3.30. The van der Waals surface area contributed by atoms with Crippen molar-refractivity contribution in [3.8, 4) is 0 Å². The van der Waals surface area contributed by atoms with Gasteiger partial charge in [0.25, 0.3) is 0 Å². The molecule has 0 saturated heterocycles. The highest BCUT2D eigenvalue weighted by Gasteiger charge is 1.96. The molecule has 0 radical (unpaired) electrons. The van der Waals surface area contributed by atoms with E-state index in [0.29, 0.717) is 5.82 Å². The van der Waals surface area contributed by atoms with Crippen molar-refractivity contribution in [2.45, 2.75) is 6.92 Å². The number of nitrogens with two attached hydrogens (primary N) is 1. The van der Waals surface area contributed by atoms with Crippen molar-refractivity contribution in [1.29, 1.82) is 0 Å². The zero-order chi connectivity index (χ0) is 12.1. The molecule has 0 aliphatic heterocycles. The fraction of sp³-hybridized carbons (Fsp3) is 0.0833. The molecule has 0 amide bonds. The van der Waals surface area contributed by atoms with Gasteiger partial charge in [0.15, 0.2) is 5.82 Å². The molecule has 0 spiro atoms. The van der Waals surface area contributed by atoms with Crippen LogP contribution in [0, 0.1) is 6.92 Å². The maximum Gasteiger partial charge on any atom is 0.222 e. The summed E-state index contributed by atoms with van der Waals surface area (Å²) in [6.07, 6.45) is 1.72. The molecule has 0 aliphatic rings. The quantitative estimate of drug-likeness (QED) is 0.619. The van der Waals surface area contributed by atoms with Crippen molar-refractivity contribution in [3.05, 3.63) is 47.7 Å². The fourth-order valence-electron chi connectivity index (χ4n) is 1.36. The van der Waals surface area contributed by atoms with Crippen molar-refractivity contribution in [2.75, 3.05) is 11.2 Å². The van der Waals surface area contributed by atoms with Gasteiger partial charge in [0.2, 0.25) is 5.95 Å². The minimum absolute atomic E-state index is 0.238. The van der Waals surface area contributed by atoms with Crippen LogP contribution in [0.3, 0.4) is 0 Å². The van der Waals surface area contributed by atoms with Crippen LogP contribution in [0.2, 0.25) is 0 Å². The molecule has 1 heterocycles. The Morgan fingerprint density at radius 1 is 1.24 bits per heavy atom. The van der Waals surface area contributed by atoms with Gasteiger partial charge < -0.3 is 5.73 Å². The topological polar surface area (TPSA) is 76.2 Å². The lowest BCUT2D eigenvalue weighted by Gasteiger charge is -2.01. The largest absolute Gasteiger partial charge is 0.368 e. The van der Waals surface area contributed by atoms with Crippen molar-refractivity contribution >= 4 is 18.0 Å². The molecule has 1 aromatic heterocycles. The van der Waals surface area contributed by atoms with Gasteiger partial charge >= 0.3 is 0 Å². The molecule has 2 rings (SSSR count). The molecule has 86 valence electrons. The van der Waals surface area contributed by atoms with Crippen LogP contribution in [0.15, 0.2) is 41.5 Å². The highest BCUT2D eigenvalue weighted by molar-refractivity contribution is 5.79. The molecule has 3 N–H and O–H groups in total. The highest BCUT2D eigenvalue weighted by atomic mass is 15.3. The lowest BCUT2D eigenvalue weighted by molar-refractivity contribution is 1.10. The number of nitrogen functional groups attached to an aromatic ring is 1. The Morgan fingerprint density at radius 2 is 2.00 bits per heavy atom. The molecular formula is C12H13N5. The van der Waals surface area contributed by atoms with Gasteiger partial charge in [-0.2, -0.15) is 10.1 Å². The van der Waals surface area contributed by atoms with Crippen LogP contribution in [0.4, 0.5) is 11.8 Å². The van der Waals surface area contributed by atoms with Crippen LogP contribution in [-0.4, -0.2) is 16.2 Å². The van der Waals surface area contributed by atoms with E-state index in [1.54, 1.807) is 12.3 Å². The van der Waals surface area contributed by atoms with Gasteiger partial charge in [0.1, 0.15) is 0 Å². The van der Waals surface area contributed by atoms with Crippen LogP contribution in [-0.2, 0) is 0 Å². The second-order valence-electron chi connectivity index (χ2n) is 3.53. The molecule has 0 unspecified atom stereocenters. The summed E-state index contributed by atoms with van der Waals surface area (Å²) in [5.74, 6) is 0.824. The van der Waals surface area contributed by atoms with Gasteiger partial charge in [-0.15, -0.1) is 0 Å². The van der Waals surface area contributed by atoms with Crippen LogP contribution in [0.25, 0.3) is 0 Å². The zero-order valence-electron chi connectivity index (χ0n) is 9.46. The standard InChI is InChI=1S/C12H13N5/c1-9-7-11(16-12(13)15-9)17-14-8-10-5-3-2-4-6-10/h2-8H,1H3,(H3,13,15,16,17)/b14-8-. The molecule has 0 aliphatic carbocycles. The third kappa shape index (κ3) is 3.27. The van der Waals surface area contributed by atoms with Crippen LogP contribution in [0.1, 0.15) is 11.3 Å². The summed E-state index contributed by atoms with van der Waals surface area (Å²) < 4.78 is 0. The summed E-state index contributed by atoms with van der Waals surface area (Å²) in [6, 6.07) is 11.6. The SMILES string of the molecule is Cc1cc(N/N=C\c2ccccc2)nc(N)n1. The number of aryl methyl sites for hydroxylation is 1. The number of nitrogens with one attached hydrogen (secondary N) is 1. The molecule has 0 bridgehead atoms. The van der Waals surface area contributed by atoms with Crippen molar-refractivity contribution in [2.24, 2.45) is 5.10 Å². The van der Waals surface area contributed by atoms with Gasteiger partial charge in [0, 0.05) is 11.8 Å². The molecule has 0 fully saturated rings. The lowest BCUT2D eigenvalue weighted by atomic mass is 10.2. The summed E-state index contributed by atoms with van der Waals surface area (Å²) in [6.45, 7) is 1.85. The molecule has 5 nitrogen and oxygen atoms in total. The van der Waals surface area contributed by atoms with Crippen molar-refractivity contribution < 1.29 is 0 Å². The summed E-state index contributed by atoms with van der Waals surface area (Å²) in [5.41, 5.74) is 10.2. The van der Waals surface area contributed by atoms with Gasteiger partial charge in [0.05, 0.1) is 6.21 Å². The van der Waals surface area contributed by atoms with E-state index in [-0.39, 0.29) is 5.95 Å². The predicted octanol–water partition coefficient (Wildman–Crippen LogP) is 1.81. The van der Waals surface area contributed by atoms with E-state index in [4.69, 9.17) is 5.73 Å². The lowest BCUT2D eigenvalue weighted by Crippen LogP contribution is -2.01. The Balaban J connectivity index is 2.05. The number of anilines is 2. The van der Waals surface area contributed by atoms with Crippen molar-refractivity contribution in [3.63, 3.8) is 0 Å². The summed E-state index contributed by atoms with van der Waals surface area (Å²) in [5, 5.41) is 4.07. The van der Waals surface area contributed by atoms with Crippen LogP contribution >= 0.6 is 0 Å². The van der Waals surface area contributed by atoms with Gasteiger partial charge in [-0.1, -0.05) is 30.3 Å². The van der Waals surface area contributed by atoms with E-state index in [0.717, 1.165) is 11.3 Å². The smallest absolute Gasteiger partial charge is 0.222 e. The normalized spacial score (nSPS) is 10.6. The van der Waals surface area contributed by atoms with Crippen LogP contribution < -0.4 is 11.2 Å². The number of hydrogen-bond acceptors (Lipinski definition) is 5. The number of benzene rings is 1. The second-order valence-corrected chi connectivity index (χ2v) is 3.53. The van der Waals surface area contributed by atoms with Gasteiger partial charge in [-0.25, -0.2) is 4.98 Å². The minimum Gasteiger partial charge on any atom is -0.368 e. The number of rotatable bonds is 3.